The van der Waals surface area contributed by atoms with E-state index in [4.69, 9.17) is 5.11 Å². The second kappa shape index (κ2) is 5.98. The van der Waals surface area contributed by atoms with Gasteiger partial charge >= 0.3 is 0 Å². The van der Waals surface area contributed by atoms with Gasteiger partial charge in [-0.05, 0) is 18.6 Å². The summed E-state index contributed by atoms with van der Waals surface area (Å²) in [7, 11) is 0. The molecule has 0 radical (unpaired) electrons. The molecule has 0 aliphatic rings. The van der Waals surface area contributed by atoms with E-state index >= 15 is 0 Å². The monoisotopic (exact) mass is 205 g/mol. The Hall–Kier alpha value is -1.61. The molecule has 80 valence electrons. The Morgan fingerprint density at radius 3 is 2.67 bits per heavy atom. The van der Waals surface area contributed by atoms with Gasteiger partial charge in [0.15, 0.2) is 0 Å². The van der Waals surface area contributed by atoms with Gasteiger partial charge in [-0.25, -0.2) is 0 Å². The molecule has 1 amide bonds. The zero-order valence-electron chi connectivity index (χ0n) is 8.52. The molecule has 0 aliphatic carbocycles. The summed E-state index contributed by atoms with van der Waals surface area (Å²) < 4.78 is 0. The molecule has 0 heterocycles. The van der Waals surface area contributed by atoms with Crippen molar-refractivity contribution < 1.29 is 9.90 Å². The van der Waals surface area contributed by atoms with Gasteiger partial charge in [0.1, 0.15) is 0 Å². The third-order valence-corrected chi connectivity index (χ3v) is 2.08. The Morgan fingerprint density at radius 1 is 1.47 bits per heavy atom. The first-order chi connectivity index (χ1) is 7.27. The van der Waals surface area contributed by atoms with E-state index in [1.165, 1.54) is 0 Å². The van der Waals surface area contributed by atoms with E-state index in [0.717, 1.165) is 0 Å². The number of carbonyl (C=O) groups excluding carboxylic acids is 1. The molecule has 0 aliphatic heterocycles. The summed E-state index contributed by atoms with van der Waals surface area (Å²) in [4.78, 5) is 11.6. The molecule has 0 unspecified atom stereocenters. The number of amides is 1. The van der Waals surface area contributed by atoms with Gasteiger partial charge < -0.3 is 10.4 Å². The second-order valence-electron chi connectivity index (χ2n) is 3.19. The Morgan fingerprint density at radius 2 is 2.13 bits per heavy atom. The number of hydrogen-bond donors (Lipinski definition) is 2. The topological polar surface area (TPSA) is 49.3 Å². The molecule has 0 bridgehead atoms. The zero-order valence-corrected chi connectivity index (χ0v) is 8.52. The fourth-order valence-electron chi connectivity index (χ4n) is 1.23. The van der Waals surface area contributed by atoms with E-state index in [2.05, 4.69) is 11.9 Å². The van der Waals surface area contributed by atoms with Crippen molar-refractivity contribution in [2.75, 3.05) is 6.61 Å². The molecule has 1 atom stereocenters. The van der Waals surface area contributed by atoms with Crippen molar-refractivity contribution >= 4 is 5.91 Å². The van der Waals surface area contributed by atoms with E-state index < -0.39 is 0 Å². The lowest BCUT2D eigenvalue weighted by Crippen LogP contribution is -2.33. The van der Waals surface area contributed by atoms with Crippen LogP contribution in [0.1, 0.15) is 16.8 Å². The Kier molecular flexibility index (Phi) is 4.57. The van der Waals surface area contributed by atoms with Crippen molar-refractivity contribution in [2.24, 2.45) is 0 Å². The minimum atomic E-state index is -0.178. The molecular weight excluding hydrogens is 190 g/mol. The highest BCUT2D eigenvalue weighted by atomic mass is 16.3. The van der Waals surface area contributed by atoms with Crippen LogP contribution >= 0.6 is 0 Å². The van der Waals surface area contributed by atoms with Crippen LogP contribution in [0.25, 0.3) is 0 Å². The number of carbonyl (C=O) groups is 1. The van der Waals surface area contributed by atoms with E-state index in [-0.39, 0.29) is 18.6 Å². The van der Waals surface area contributed by atoms with E-state index in [9.17, 15) is 4.79 Å². The van der Waals surface area contributed by atoms with Crippen LogP contribution in [-0.2, 0) is 0 Å². The highest BCUT2D eigenvalue weighted by Crippen LogP contribution is 2.00. The smallest absolute Gasteiger partial charge is 0.251 e. The average Bonchev–Trinajstić information content (AvgIpc) is 2.29. The molecule has 3 heteroatoms. The normalized spacial score (nSPS) is 11.8. The van der Waals surface area contributed by atoms with Gasteiger partial charge in [-0.1, -0.05) is 24.3 Å². The predicted molar refractivity (Wildman–Crippen MR) is 59.6 cm³/mol. The minimum absolute atomic E-state index is 0.0335. The number of aliphatic hydroxyl groups excluding tert-OH is 1. The zero-order chi connectivity index (χ0) is 11.1. The number of nitrogens with one attached hydrogen (secondary N) is 1. The lowest BCUT2D eigenvalue weighted by Gasteiger charge is -2.13. The molecule has 0 spiro atoms. The van der Waals surface area contributed by atoms with Crippen LogP contribution in [0, 0.1) is 0 Å². The third kappa shape index (κ3) is 3.56. The summed E-state index contributed by atoms with van der Waals surface area (Å²) in [5, 5.41) is 11.5. The highest BCUT2D eigenvalue weighted by Gasteiger charge is 2.09. The molecule has 15 heavy (non-hydrogen) atoms. The van der Waals surface area contributed by atoms with Gasteiger partial charge in [0, 0.05) is 18.2 Å². The Bertz CT molecular complexity index is 322. The quantitative estimate of drug-likeness (QED) is 0.713. The molecule has 0 aromatic heterocycles. The van der Waals surface area contributed by atoms with Crippen molar-refractivity contribution in [3.63, 3.8) is 0 Å². The molecule has 0 fully saturated rings. The number of hydrogen-bond acceptors (Lipinski definition) is 2. The maximum atomic E-state index is 11.6. The predicted octanol–water partition coefficient (Wildman–Crippen LogP) is 1.35. The molecule has 1 aromatic carbocycles. The van der Waals surface area contributed by atoms with Crippen LogP contribution in [0.5, 0.6) is 0 Å². The van der Waals surface area contributed by atoms with Crippen molar-refractivity contribution in [2.45, 2.75) is 12.5 Å². The van der Waals surface area contributed by atoms with Crippen LogP contribution in [-0.4, -0.2) is 23.7 Å². The SMILES string of the molecule is C=C[C@@H](CCO)NC(=O)c1ccccc1. The third-order valence-electron chi connectivity index (χ3n) is 2.08. The fraction of sp³-hybridized carbons (Fsp3) is 0.250. The average molecular weight is 205 g/mol. The van der Waals surface area contributed by atoms with E-state index in [0.29, 0.717) is 12.0 Å². The number of rotatable bonds is 5. The van der Waals surface area contributed by atoms with Gasteiger partial charge in [-0.2, -0.15) is 0 Å². The first-order valence-electron chi connectivity index (χ1n) is 4.87. The first-order valence-corrected chi connectivity index (χ1v) is 4.87. The summed E-state index contributed by atoms with van der Waals surface area (Å²) in [5.41, 5.74) is 0.613. The highest BCUT2D eigenvalue weighted by molar-refractivity contribution is 5.94. The van der Waals surface area contributed by atoms with Crippen LogP contribution < -0.4 is 5.32 Å². The van der Waals surface area contributed by atoms with Gasteiger partial charge in [-0.15, -0.1) is 6.58 Å². The summed E-state index contributed by atoms with van der Waals surface area (Å²) in [6, 6.07) is 8.79. The lowest BCUT2D eigenvalue weighted by molar-refractivity contribution is 0.0939. The van der Waals surface area contributed by atoms with Crippen molar-refractivity contribution in [1.82, 2.24) is 5.32 Å². The minimum Gasteiger partial charge on any atom is -0.396 e. The molecule has 1 rings (SSSR count). The van der Waals surface area contributed by atoms with E-state index in [1.54, 1.807) is 18.2 Å². The van der Waals surface area contributed by atoms with E-state index in [1.807, 2.05) is 18.2 Å². The van der Waals surface area contributed by atoms with Gasteiger partial charge in [0.2, 0.25) is 0 Å². The maximum Gasteiger partial charge on any atom is 0.251 e. The van der Waals surface area contributed by atoms with Crippen molar-refractivity contribution in [1.29, 1.82) is 0 Å². The number of benzene rings is 1. The molecule has 0 saturated heterocycles. The molecule has 1 aromatic rings. The fourth-order valence-corrected chi connectivity index (χ4v) is 1.23. The maximum absolute atomic E-state index is 11.6. The molecule has 0 saturated carbocycles. The van der Waals surface area contributed by atoms with Crippen LogP contribution in [0.3, 0.4) is 0 Å². The first kappa shape index (κ1) is 11.5. The molecular formula is C12H15NO2. The Labute approximate surface area is 89.4 Å². The largest absolute Gasteiger partial charge is 0.396 e. The van der Waals surface area contributed by atoms with Crippen LogP contribution in [0.2, 0.25) is 0 Å². The van der Waals surface area contributed by atoms with Gasteiger partial charge in [-0.3, -0.25) is 4.79 Å². The van der Waals surface area contributed by atoms with Gasteiger partial charge in [0.25, 0.3) is 5.91 Å². The Balaban J connectivity index is 2.58. The standard InChI is InChI=1S/C12H15NO2/c1-2-11(8-9-14)13-12(15)10-6-4-3-5-7-10/h2-7,11,14H,1,8-9H2,(H,13,15)/t11-/m0/s1. The summed E-state index contributed by atoms with van der Waals surface area (Å²) in [6.07, 6.45) is 2.11. The summed E-state index contributed by atoms with van der Waals surface area (Å²) in [5.74, 6) is -0.144. The van der Waals surface area contributed by atoms with Crippen molar-refractivity contribution in [3.05, 3.63) is 48.6 Å². The summed E-state index contributed by atoms with van der Waals surface area (Å²) >= 11 is 0. The second-order valence-corrected chi connectivity index (χ2v) is 3.19. The number of aliphatic hydroxyl groups is 1. The van der Waals surface area contributed by atoms with Crippen molar-refractivity contribution in [3.8, 4) is 0 Å². The van der Waals surface area contributed by atoms with Crippen LogP contribution in [0.15, 0.2) is 43.0 Å². The molecule has 2 N–H and O–H groups in total. The lowest BCUT2D eigenvalue weighted by atomic mass is 10.1. The van der Waals surface area contributed by atoms with Gasteiger partial charge in [0.05, 0.1) is 0 Å². The van der Waals surface area contributed by atoms with Crippen LogP contribution in [0.4, 0.5) is 0 Å². The molecule has 3 nitrogen and oxygen atoms in total. The summed E-state index contributed by atoms with van der Waals surface area (Å²) in [6.45, 7) is 3.63.